The molecule has 0 heterocycles. The Hall–Kier alpha value is -8.48. The maximum absolute atomic E-state index is 14.8. The summed E-state index contributed by atoms with van der Waals surface area (Å²) < 4.78 is 37.1. The van der Waals surface area contributed by atoms with Gasteiger partial charge in [0, 0.05) is 34.7 Å². The van der Waals surface area contributed by atoms with E-state index in [1.807, 2.05) is 72.8 Å². The number of benzene rings is 9. The van der Waals surface area contributed by atoms with Crippen LogP contribution in [-0.2, 0) is 26.1 Å². The smallest absolute Gasteiger partial charge is 0.353 e. The second-order valence-electron chi connectivity index (χ2n) is 15.9. The lowest BCUT2D eigenvalue weighted by Gasteiger charge is -2.29. The van der Waals surface area contributed by atoms with E-state index in [0.717, 1.165) is 0 Å². The summed E-state index contributed by atoms with van der Waals surface area (Å²) in [6.45, 7) is 0. The SMILES string of the molecule is O=C(Oc1cc(CBr)cc(OC(=O)C(O)(c2ccccc2)c2cc(Oc3ccccc3)cc(Oc3ccccc3)c2)c1)C(O)(c1ccccc1)c1cc(Oc2ccccc2)cc(Oc2ccccc2)c1. The number of hydrogen-bond acceptors (Lipinski definition) is 10. The summed E-state index contributed by atoms with van der Waals surface area (Å²) in [5.41, 5.74) is -3.84. The highest BCUT2D eigenvalue weighted by atomic mass is 79.9. The van der Waals surface area contributed by atoms with Crippen LogP contribution >= 0.6 is 15.9 Å². The Balaban J connectivity index is 1.08. The number of halogens is 1. The normalized spacial score (nSPS) is 12.6. The zero-order valence-corrected chi connectivity index (χ0v) is 38.8. The maximum Gasteiger partial charge on any atom is 0.353 e. The summed E-state index contributed by atoms with van der Waals surface area (Å²) >= 11 is 3.49. The van der Waals surface area contributed by atoms with Gasteiger partial charge in [-0.3, -0.25) is 0 Å². The molecule has 11 heteroatoms. The third-order valence-corrected chi connectivity index (χ3v) is 11.6. The van der Waals surface area contributed by atoms with Crippen molar-refractivity contribution >= 4 is 27.9 Å². The monoisotopic (exact) mass is 990 g/mol. The van der Waals surface area contributed by atoms with Gasteiger partial charge in [0.1, 0.15) is 57.5 Å². The van der Waals surface area contributed by atoms with Gasteiger partial charge in [-0.25, -0.2) is 9.59 Å². The van der Waals surface area contributed by atoms with Gasteiger partial charge in [0.05, 0.1) is 0 Å². The second-order valence-corrected chi connectivity index (χ2v) is 16.5. The van der Waals surface area contributed by atoms with E-state index in [4.69, 9.17) is 28.4 Å². The van der Waals surface area contributed by atoms with Crippen molar-refractivity contribution in [1.82, 2.24) is 0 Å². The van der Waals surface area contributed by atoms with Gasteiger partial charge in [-0.15, -0.1) is 0 Å². The topological polar surface area (TPSA) is 130 Å². The second kappa shape index (κ2) is 21.2. The van der Waals surface area contributed by atoms with Crippen LogP contribution in [0.3, 0.4) is 0 Å². The van der Waals surface area contributed by atoms with Crippen molar-refractivity contribution in [2.24, 2.45) is 0 Å². The van der Waals surface area contributed by atoms with E-state index in [0.29, 0.717) is 28.6 Å². The average Bonchev–Trinajstić information content (AvgIpc) is 3.39. The van der Waals surface area contributed by atoms with E-state index in [2.05, 4.69) is 15.9 Å². The largest absolute Gasteiger partial charge is 0.457 e. The predicted molar refractivity (Wildman–Crippen MR) is 268 cm³/mol. The van der Waals surface area contributed by atoms with Crippen LogP contribution in [0.1, 0.15) is 27.8 Å². The Kier molecular flexibility index (Phi) is 14.1. The molecule has 0 aliphatic rings. The molecule has 0 saturated carbocycles. The average molecular weight is 992 g/mol. The summed E-state index contributed by atoms with van der Waals surface area (Å²) in [5, 5.41) is 26.0. The number of hydrogen-bond donors (Lipinski definition) is 2. The molecule has 70 heavy (non-hydrogen) atoms. The van der Waals surface area contributed by atoms with Gasteiger partial charge in [0.25, 0.3) is 0 Å². The molecule has 0 spiro atoms. The van der Waals surface area contributed by atoms with Crippen LogP contribution in [0.25, 0.3) is 0 Å². The standard InChI is InChI=1S/C59H43BrO10/c60-40-41-31-50(69-56(61)58(63,42-19-7-1-8-20-42)44-33-52(65-46-23-11-3-12-24-46)38-53(34-44)66-47-25-13-4-14-26-47)37-51(32-41)70-57(62)59(64,43-21-9-2-10-22-43)45-35-54(67-48-27-15-5-16-28-48)39-55(36-45)68-49-29-17-6-18-30-49/h1-39,63-64H,40H2. The van der Waals surface area contributed by atoms with E-state index in [-0.39, 0.29) is 62.1 Å². The molecule has 0 aliphatic carbocycles. The van der Waals surface area contributed by atoms with Crippen LogP contribution in [0.5, 0.6) is 57.5 Å². The van der Waals surface area contributed by atoms with Crippen molar-refractivity contribution in [3.8, 4) is 57.5 Å². The zero-order chi connectivity index (χ0) is 48.3. The molecule has 0 saturated heterocycles. The van der Waals surface area contributed by atoms with Crippen LogP contribution in [-0.4, -0.2) is 22.2 Å². The summed E-state index contributed by atoms with van der Waals surface area (Å²) in [4.78, 5) is 29.7. The van der Waals surface area contributed by atoms with E-state index < -0.39 is 23.1 Å². The first-order valence-corrected chi connectivity index (χ1v) is 23.2. The minimum absolute atomic E-state index is 0.0726. The molecule has 9 aromatic carbocycles. The summed E-state index contributed by atoms with van der Waals surface area (Å²) in [6, 6.07) is 66.9. The Labute approximate surface area is 412 Å². The molecule has 9 rings (SSSR count). The lowest BCUT2D eigenvalue weighted by Crippen LogP contribution is -2.40. The lowest BCUT2D eigenvalue weighted by atomic mass is 9.86. The van der Waals surface area contributed by atoms with Gasteiger partial charge in [0.15, 0.2) is 0 Å². The Morgan fingerprint density at radius 3 is 0.857 bits per heavy atom. The summed E-state index contributed by atoms with van der Waals surface area (Å²) in [7, 11) is 0. The van der Waals surface area contributed by atoms with Crippen molar-refractivity contribution in [3.05, 3.63) is 264 Å². The molecular weight excluding hydrogens is 949 g/mol. The fourth-order valence-electron chi connectivity index (χ4n) is 7.65. The van der Waals surface area contributed by atoms with Gasteiger partial charge >= 0.3 is 11.9 Å². The molecule has 9 aromatic rings. The molecule has 10 nitrogen and oxygen atoms in total. The molecule has 0 bridgehead atoms. The first-order valence-electron chi connectivity index (χ1n) is 22.1. The predicted octanol–water partition coefficient (Wildman–Crippen LogP) is 13.4. The highest BCUT2D eigenvalue weighted by Crippen LogP contribution is 2.42. The van der Waals surface area contributed by atoms with Crippen molar-refractivity contribution < 1.29 is 48.2 Å². The van der Waals surface area contributed by atoms with Crippen molar-refractivity contribution in [3.63, 3.8) is 0 Å². The van der Waals surface area contributed by atoms with Gasteiger partial charge < -0.3 is 38.6 Å². The molecular formula is C59H43BrO10. The maximum atomic E-state index is 14.8. The Bertz CT molecular complexity index is 2870. The van der Waals surface area contributed by atoms with Gasteiger partial charge in [-0.1, -0.05) is 149 Å². The third-order valence-electron chi connectivity index (χ3n) is 11.0. The highest BCUT2D eigenvalue weighted by Gasteiger charge is 2.45. The Morgan fingerprint density at radius 2 is 0.586 bits per heavy atom. The number of alkyl halides is 1. The lowest BCUT2D eigenvalue weighted by molar-refractivity contribution is -0.152. The first-order chi connectivity index (χ1) is 34.1. The molecule has 2 unspecified atom stereocenters. The fourth-order valence-corrected chi connectivity index (χ4v) is 7.97. The number of carbonyl (C=O) groups excluding carboxylic acids is 2. The van der Waals surface area contributed by atoms with Gasteiger partial charge in [0.2, 0.25) is 11.2 Å². The van der Waals surface area contributed by atoms with Crippen LogP contribution in [0, 0.1) is 0 Å². The first kappa shape index (κ1) is 46.6. The molecule has 2 atom stereocenters. The Morgan fingerprint density at radius 1 is 0.329 bits per heavy atom. The van der Waals surface area contributed by atoms with Crippen LogP contribution in [0.4, 0.5) is 0 Å². The van der Waals surface area contributed by atoms with E-state index in [1.165, 1.54) is 6.07 Å². The minimum atomic E-state index is -2.45. The molecule has 346 valence electrons. The molecule has 0 radical (unpaired) electrons. The number of aliphatic hydroxyl groups is 2. The minimum Gasteiger partial charge on any atom is -0.457 e. The van der Waals surface area contributed by atoms with Gasteiger partial charge in [-0.05, 0) is 102 Å². The molecule has 2 N–H and O–H groups in total. The van der Waals surface area contributed by atoms with Crippen LogP contribution in [0.15, 0.2) is 237 Å². The number of esters is 2. The zero-order valence-electron chi connectivity index (χ0n) is 37.3. The molecule has 0 amide bonds. The number of ether oxygens (including phenoxy) is 6. The number of carbonyl (C=O) groups is 2. The van der Waals surface area contributed by atoms with Crippen LogP contribution < -0.4 is 28.4 Å². The van der Waals surface area contributed by atoms with Gasteiger partial charge in [-0.2, -0.15) is 0 Å². The van der Waals surface area contributed by atoms with Crippen molar-refractivity contribution in [2.75, 3.05) is 0 Å². The number of para-hydroxylation sites is 4. The number of rotatable bonds is 17. The van der Waals surface area contributed by atoms with E-state index in [9.17, 15) is 19.8 Å². The fraction of sp³-hybridized carbons (Fsp3) is 0.0508. The third kappa shape index (κ3) is 10.8. The van der Waals surface area contributed by atoms with Crippen LogP contribution in [0.2, 0.25) is 0 Å². The quantitative estimate of drug-likeness (QED) is 0.0517. The van der Waals surface area contributed by atoms with Crippen molar-refractivity contribution in [2.45, 2.75) is 16.5 Å². The molecule has 0 fully saturated rings. The summed E-state index contributed by atoms with van der Waals surface area (Å²) in [6.07, 6.45) is 0. The van der Waals surface area contributed by atoms with E-state index in [1.54, 1.807) is 158 Å². The van der Waals surface area contributed by atoms with E-state index >= 15 is 0 Å². The van der Waals surface area contributed by atoms with Crippen molar-refractivity contribution in [1.29, 1.82) is 0 Å². The summed E-state index contributed by atoms with van der Waals surface area (Å²) in [5.74, 6) is 0.812. The molecule has 0 aromatic heterocycles. The molecule has 0 aliphatic heterocycles. The highest BCUT2D eigenvalue weighted by molar-refractivity contribution is 9.08.